The fourth-order valence-electron chi connectivity index (χ4n) is 3.73. The van der Waals surface area contributed by atoms with E-state index in [9.17, 15) is 4.79 Å². The van der Waals surface area contributed by atoms with Gasteiger partial charge >= 0.3 is 0 Å². The number of benzene rings is 1. The number of fused-ring (bicyclic) bond motifs is 1. The van der Waals surface area contributed by atoms with Crippen LogP contribution in [0.2, 0.25) is 0 Å². The smallest absolute Gasteiger partial charge is 0.261 e. The highest BCUT2D eigenvalue weighted by Crippen LogP contribution is 2.39. The number of likely N-dealkylation sites (N-methyl/N-ethyl adjacent to an activating group) is 1. The van der Waals surface area contributed by atoms with Crippen molar-refractivity contribution in [2.45, 2.75) is 32.4 Å². The second-order valence-electron chi connectivity index (χ2n) is 6.47. The molecule has 1 N–H and O–H groups in total. The van der Waals surface area contributed by atoms with Gasteiger partial charge in [-0.1, -0.05) is 13.0 Å². The Hall–Kier alpha value is -2.05. The third-order valence-corrected chi connectivity index (χ3v) is 5.88. The maximum Gasteiger partial charge on any atom is 0.261 e. The van der Waals surface area contributed by atoms with Gasteiger partial charge in [0.05, 0.1) is 25.1 Å². The van der Waals surface area contributed by atoms with E-state index in [0.717, 1.165) is 35.9 Å². The predicted molar refractivity (Wildman–Crippen MR) is 104 cm³/mol. The van der Waals surface area contributed by atoms with Crippen LogP contribution in [0.15, 0.2) is 29.6 Å². The minimum atomic E-state index is -0.0262. The second kappa shape index (κ2) is 8.10. The number of methoxy groups -OCH3 is 2. The Morgan fingerprint density at radius 1 is 1.35 bits per heavy atom. The van der Waals surface area contributed by atoms with Crippen LogP contribution in [0.1, 0.15) is 40.7 Å². The first-order valence-electron chi connectivity index (χ1n) is 8.92. The summed E-state index contributed by atoms with van der Waals surface area (Å²) >= 11 is 1.46. The Bertz CT molecular complexity index is 761. The molecule has 2 unspecified atom stereocenters. The Morgan fingerprint density at radius 3 is 2.69 bits per heavy atom. The van der Waals surface area contributed by atoms with Crippen molar-refractivity contribution in [3.05, 3.63) is 45.6 Å². The van der Waals surface area contributed by atoms with Crippen LogP contribution in [0.4, 0.5) is 0 Å². The molecule has 3 rings (SSSR count). The molecule has 5 nitrogen and oxygen atoms in total. The summed E-state index contributed by atoms with van der Waals surface area (Å²) in [5.74, 6) is 1.47. The van der Waals surface area contributed by atoms with E-state index in [2.05, 4.69) is 36.2 Å². The first-order chi connectivity index (χ1) is 12.6. The molecule has 2 heterocycles. The van der Waals surface area contributed by atoms with E-state index in [-0.39, 0.29) is 18.0 Å². The summed E-state index contributed by atoms with van der Waals surface area (Å²) in [7, 11) is 3.31. The van der Waals surface area contributed by atoms with Gasteiger partial charge < -0.3 is 14.8 Å². The van der Waals surface area contributed by atoms with Crippen LogP contribution in [0.3, 0.4) is 0 Å². The third kappa shape index (κ3) is 3.57. The Balaban J connectivity index is 1.92. The van der Waals surface area contributed by atoms with Gasteiger partial charge in [-0.15, -0.1) is 11.3 Å². The van der Waals surface area contributed by atoms with Gasteiger partial charge in [0.2, 0.25) is 0 Å². The highest BCUT2D eigenvalue weighted by atomic mass is 32.1. The molecule has 0 spiro atoms. The zero-order valence-electron chi connectivity index (χ0n) is 15.7. The quantitative estimate of drug-likeness (QED) is 0.841. The zero-order chi connectivity index (χ0) is 18.7. The van der Waals surface area contributed by atoms with E-state index in [1.807, 2.05) is 17.5 Å². The van der Waals surface area contributed by atoms with Gasteiger partial charge in [-0.2, -0.15) is 0 Å². The molecule has 1 aromatic carbocycles. The van der Waals surface area contributed by atoms with Crippen LogP contribution in [0.25, 0.3) is 0 Å². The summed E-state index contributed by atoms with van der Waals surface area (Å²) in [5.41, 5.74) is 2.46. The molecular weight excluding hydrogens is 348 g/mol. The van der Waals surface area contributed by atoms with Gasteiger partial charge in [-0.25, -0.2) is 0 Å². The van der Waals surface area contributed by atoms with Gasteiger partial charge in [-0.3, -0.25) is 9.69 Å². The molecule has 0 saturated heterocycles. The molecular formula is C20H26N2O3S. The molecule has 2 aromatic rings. The highest BCUT2D eigenvalue weighted by Gasteiger charge is 2.33. The fraction of sp³-hybridized carbons (Fsp3) is 0.450. The number of carbonyl (C=O) groups is 1. The third-order valence-electron chi connectivity index (χ3n) is 5.01. The van der Waals surface area contributed by atoms with Crippen molar-refractivity contribution >= 4 is 17.2 Å². The van der Waals surface area contributed by atoms with Crippen molar-refractivity contribution in [3.8, 4) is 11.5 Å². The molecule has 0 saturated carbocycles. The van der Waals surface area contributed by atoms with Crippen molar-refractivity contribution in [2.75, 3.05) is 27.3 Å². The minimum Gasteiger partial charge on any atom is -0.493 e. The standard InChI is InChI=1S/C20H26N2O3S/c1-5-22-9-8-14-11-16(24-3)17(25-4)12-15(14)19(22)13(2)21-20(23)18-7-6-10-26-18/h6-7,10-13,19H,5,8-9H2,1-4H3,(H,21,23). The lowest BCUT2D eigenvalue weighted by Crippen LogP contribution is -2.47. The lowest BCUT2D eigenvalue weighted by Gasteiger charge is -2.40. The first-order valence-corrected chi connectivity index (χ1v) is 9.80. The molecule has 26 heavy (non-hydrogen) atoms. The number of ether oxygens (including phenoxy) is 2. The summed E-state index contributed by atoms with van der Waals surface area (Å²) in [6.45, 7) is 6.12. The Labute approximate surface area is 158 Å². The van der Waals surface area contributed by atoms with Crippen LogP contribution in [0.5, 0.6) is 11.5 Å². The van der Waals surface area contributed by atoms with Crippen molar-refractivity contribution in [1.82, 2.24) is 10.2 Å². The average Bonchev–Trinajstić information content (AvgIpc) is 3.20. The molecule has 1 aromatic heterocycles. The second-order valence-corrected chi connectivity index (χ2v) is 7.42. The number of hydrogen-bond donors (Lipinski definition) is 1. The molecule has 0 bridgehead atoms. The maximum atomic E-state index is 12.5. The minimum absolute atomic E-state index is 0.0175. The Morgan fingerprint density at radius 2 is 2.08 bits per heavy atom. The van der Waals surface area contributed by atoms with Gasteiger partial charge in [0.25, 0.3) is 5.91 Å². The van der Waals surface area contributed by atoms with Gasteiger partial charge in [0, 0.05) is 12.6 Å². The monoisotopic (exact) mass is 374 g/mol. The predicted octanol–water partition coefficient (Wildman–Crippen LogP) is 3.50. The molecule has 0 fully saturated rings. The van der Waals surface area contributed by atoms with Crippen LogP contribution in [0, 0.1) is 0 Å². The molecule has 6 heteroatoms. The van der Waals surface area contributed by atoms with Crippen LogP contribution in [-0.4, -0.2) is 44.2 Å². The van der Waals surface area contributed by atoms with Crippen molar-refractivity contribution < 1.29 is 14.3 Å². The number of carbonyl (C=O) groups excluding carboxylic acids is 1. The van der Waals surface area contributed by atoms with Gasteiger partial charge in [0.1, 0.15) is 0 Å². The summed E-state index contributed by atoms with van der Waals surface area (Å²) in [5, 5.41) is 5.10. The number of thiophene rings is 1. The molecule has 1 amide bonds. The average molecular weight is 375 g/mol. The van der Waals surface area contributed by atoms with E-state index >= 15 is 0 Å². The zero-order valence-corrected chi connectivity index (χ0v) is 16.6. The molecule has 0 aliphatic carbocycles. The largest absolute Gasteiger partial charge is 0.493 e. The molecule has 2 atom stereocenters. The number of hydrogen-bond acceptors (Lipinski definition) is 5. The van der Waals surface area contributed by atoms with Gasteiger partial charge in [-0.05, 0) is 54.6 Å². The summed E-state index contributed by atoms with van der Waals surface area (Å²) in [6, 6.07) is 7.97. The molecule has 0 radical (unpaired) electrons. The van der Waals surface area contributed by atoms with E-state index in [1.54, 1.807) is 14.2 Å². The summed E-state index contributed by atoms with van der Waals surface area (Å²) < 4.78 is 11.0. The molecule has 1 aliphatic heterocycles. The highest BCUT2D eigenvalue weighted by molar-refractivity contribution is 7.12. The molecule has 1 aliphatic rings. The topological polar surface area (TPSA) is 50.8 Å². The SMILES string of the molecule is CCN1CCc2cc(OC)c(OC)cc2C1C(C)NC(=O)c1cccs1. The van der Waals surface area contributed by atoms with E-state index in [1.165, 1.54) is 22.5 Å². The van der Waals surface area contributed by atoms with E-state index in [0.29, 0.717) is 0 Å². The first kappa shape index (κ1) is 18.7. The van der Waals surface area contributed by atoms with E-state index < -0.39 is 0 Å². The number of rotatable bonds is 6. The molecule has 140 valence electrons. The van der Waals surface area contributed by atoms with Crippen molar-refractivity contribution in [3.63, 3.8) is 0 Å². The summed E-state index contributed by atoms with van der Waals surface area (Å²) in [4.78, 5) is 15.7. The van der Waals surface area contributed by atoms with Crippen molar-refractivity contribution in [2.24, 2.45) is 0 Å². The maximum absolute atomic E-state index is 12.5. The lowest BCUT2D eigenvalue weighted by molar-refractivity contribution is 0.0893. The Kier molecular flexibility index (Phi) is 5.84. The van der Waals surface area contributed by atoms with Crippen LogP contribution < -0.4 is 14.8 Å². The summed E-state index contributed by atoms with van der Waals surface area (Å²) in [6.07, 6.45) is 0.964. The van der Waals surface area contributed by atoms with Crippen LogP contribution >= 0.6 is 11.3 Å². The number of nitrogens with zero attached hydrogens (tertiary/aromatic N) is 1. The lowest BCUT2D eigenvalue weighted by atomic mass is 9.88. The van der Waals surface area contributed by atoms with Crippen LogP contribution in [-0.2, 0) is 6.42 Å². The fourth-order valence-corrected chi connectivity index (χ4v) is 4.36. The van der Waals surface area contributed by atoms with Gasteiger partial charge in [0.15, 0.2) is 11.5 Å². The number of nitrogens with one attached hydrogen (secondary N) is 1. The van der Waals surface area contributed by atoms with E-state index in [4.69, 9.17) is 9.47 Å². The van der Waals surface area contributed by atoms with Crippen molar-refractivity contribution in [1.29, 1.82) is 0 Å². The normalized spacial score (nSPS) is 18.1. The number of amides is 1.